The Morgan fingerprint density at radius 3 is 2.62 bits per heavy atom. The number of hydrogen-bond donors (Lipinski definition) is 1. The molecule has 1 heterocycles. The minimum atomic E-state index is 0.427. The normalized spacial score (nSPS) is 15.1. The molecular weight excluding hydrogens is 198 g/mol. The first kappa shape index (κ1) is 13.2. The maximum Gasteiger partial charge on any atom is 0.0597 e. The zero-order valence-corrected chi connectivity index (χ0v) is 11.2. The van der Waals surface area contributed by atoms with Crippen molar-refractivity contribution in [1.29, 1.82) is 0 Å². The van der Waals surface area contributed by atoms with Crippen LogP contribution in [0.5, 0.6) is 0 Å². The second-order valence-electron chi connectivity index (χ2n) is 4.62. The lowest BCUT2D eigenvalue weighted by Crippen LogP contribution is -2.22. The van der Waals surface area contributed by atoms with E-state index in [1.54, 1.807) is 0 Å². The van der Waals surface area contributed by atoms with Crippen molar-refractivity contribution >= 4 is 0 Å². The Hall–Kier alpha value is -0.830. The van der Waals surface area contributed by atoms with Gasteiger partial charge in [0.25, 0.3) is 0 Å². The van der Waals surface area contributed by atoms with E-state index in [1.165, 1.54) is 18.5 Å². The fraction of sp³-hybridized carbons (Fsp3) is 0.769. The van der Waals surface area contributed by atoms with Crippen LogP contribution in [-0.2, 0) is 6.54 Å². The zero-order chi connectivity index (χ0) is 12.1. The van der Waals surface area contributed by atoms with Crippen LogP contribution in [-0.4, -0.2) is 16.8 Å². The van der Waals surface area contributed by atoms with Gasteiger partial charge in [-0.2, -0.15) is 5.10 Å². The van der Waals surface area contributed by atoms with Gasteiger partial charge in [-0.25, -0.2) is 0 Å². The van der Waals surface area contributed by atoms with E-state index in [9.17, 15) is 0 Å². The lowest BCUT2D eigenvalue weighted by Gasteiger charge is -2.20. The van der Waals surface area contributed by atoms with Gasteiger partial charge in [0.05, 0.1) is 11.4 Å². The van der Waals surface area contributed by atoms with Crippen molar-refractivity contribution in [3.8, 4) is 0 Å². The van der Waals surface area contributed by atoms with Crippen LogP contribution >= 0.6 is 0 Å². The average molecular weight is 223 g/mol. The summed E-state index contributed by atoms with van der Waals surface area (Å²) in [6, 6.07) is 2.63. The molecule has 3 nitrogen and oxygen atoms in total. The summed E-state index contributed by atoms with van der Waals surface area (Å²) >= 11 is 0. The Bertz CT molecular complexity index is 317. The van der Waals surface area contributed by atoms with Crippen LogP contribution in [0.2, 0.25) is 0 Å². The van der Waals surface area contributed by atoms with Gasteiger partial charge in [-0.3, -0.25) is 4.68 Å². The highest BCUT2D eigenvalue weighted by molar-refractivity contribution is 5.13. The molecule has 0 aliphatic rings. The molecule has 0 radical (unpaired) electrons. The molecule has 0 amide bonds. The summed E-state index contributed by atoms with van der Waals surface area (Å²) in [6.45, 7) is 9.71. The Labute approximate surface area is 99.2 Å². The van der Waals surface area contributed by atoms with E-state index in [1.807, 2.05) is 7.05 Å². The highest BCUT2D eigenvalue weighted by Crippen LogP contribution is 2.23. The summed E-state index contributed by atoms with van der Waals surface area (Å²) in [5.41, 5.74) is 2.43. The molecule has 1 N–H and O–H groups in total. The molecule has 0 spiro atoms. The van der Waals surface area contributed by atoms with Crippen molar-refractivity contribution in [2.24, 2.45) is 5.92 Å². The fourth-order valence-corrected chi connectivity index (χ4v) is 2.05. The summed E-state index contributed by atoms with van der Waals surface area (Å²) in [4.78, 5) is 0. The quantitative estimate of drug-likeness (QED) is 0.803. The van der Waals surface area contributed by atoms with Gasteiger partial charge >= 0.3 is 0 Å². The van der Waals surface area contributed by atoms with E-state index < -0.39 is 0 Å². The van der Waals surface area contributed by atoms with Crippen LogP contribution in [0.4, 0.5) is 0 Å². The summed E-state index contributed by atoms with van der Waals surface area (Å²) in [6.07, 6.45) is 2.41. The van der Waals surface area contributed by atoms with Crippen molar-refractivity contribution in [2.45, 2.75) is 53.1 Å². The predicted octanol–water partition coefficient (Wildman–Crippen LogP) is 2.91. The van der Waals surface area contributed by atoms with Crippen LogP contribution in [0.3, 0.4) is 0 Å². The second kappa shape index (κ2) is 6.04. The van der Waals surface area contributed by atoms with Gasteiger partial charge in [-0.1, -0.05) is 20.3 Å². The van der Waals surface area contributed by atoms with Gasteiger partial charge < -0.3 is 5.32 Å². The maximum atomic E-state index is 4.51. The smallest absolute Gasteiger partial charge is 0.0597 e. The number of aryl methyl sites for hydroxylation is 2. The van der Waals surface area contributed by atoms with Gasteiger partial charge in [0, 0.05) is 12.6 Å². The van der Waals surface area contributed by atoms with Gasteiger partial charge in [-0.05, 0) is 39.3 Å². The van der Waals surface area contributed by atoms with Crippen LogP contribution < -0.4 is 5.32 Å². The number of hydrogen-bond acceptors (Lipinski definition) is 2. The molecule has 0 bridgehead atoms. The molecule has 2 atom stereocenters. The van der Waals surface area contributed by atoms with E-state index in [-0.39, 0.29) is 0 Å². The van der Waals surface area contributed by atoms with Crippen molar-refractivity contribution < 1.29 is 0 Å². The predicted molar refractivity (Wildman–Crippen MR) is 68.5 cm³/mol. The lowest BCUT2D eigenvalue weighted by atomic mass is 9.97. The molecule has 16 heavy (non-hydrogen) atoms. The van der Waals surface area contributed by atoms with E-state index in [2.05, 4.69) is 48.9 Å². The van der Waals surface area contributed by atoms with E-state index in [0.29, 0.717) is 6.04 Å². The fourth-order valence-electron chi connectivity index (χ4n) is 2.05. The maximum absolute atomic E-state index is 4.51. The highest BCUT2D eigenvalue weighted by atomic mass is 15.3. The first-order chi connectivity index (χ1) is 7.62. The third-order valence-corrected chi connectivity index (χ3v) is 3.27. The van der Waals surface area contributed by atoms with Gasteiger partial charge in [-0.15, -0.1) is 0 Å². The molecule has 0 aliphatic heterocycles. The Morgan fingerprint density at radius 1 is 1.44 bits per heavy atom. The van der Waals surface area contributed by atoms with Crippen molar-refractivity contribution in [2.75, 3.05) is 7.05 Å². The molecule has 0 aliphatic carbocycles. The molecule has 0 fully saturated rings. The van der Waals surface area contributed by atoms with Crippen LogP contribution in [0.1, 0.15) is 51.0 Å². The molecule has 2 unspecified atom stereocenters. The van der Waals surface area contributed by atoms with Crippen molar-refractivity contribution in [3.63, 3.8) is 0 Å². The van der Waals surface area contributed by atoms with Crippen LogP contribution in [0.25, 0.3) is 0 Å². The molecular formula is C13H25N3. The number of rotatable bonds is 6. The van der Waals surface area contributed by atoms with E-state index in [0.717, 1.165) is 18.2 Å². The minimum absolute atomic E-state index is 0.427. The molecule has 92 valence electrons. The lowest BCUT2D eigenvalue weighted by molar-refractivity contribution is 0.400. The molecule has 1 aromatic rings. The Kier molecular flexibility index (Phi) is 5.00. The highest BCUT2D eigenvalue weighted by Gasteiger charge is 2.17. The third kappa shape index (κ3) is 3.08. The average Bonchev–Trinajstić information content (AvgIpc) is 2.66. The first-order valence-corrected chi connectivity index (χ1v) is 6.33. The number of aromatic nitrogens is 2. The molecule has 1 rings (SSSR count). The second-order valence-corrected chi connectivity index (χ2v) is 4.62. The zero-order valence-electron chi connectivity index (χ0n) is 11.2. The Balaban J connectivity index is 2.85. The van der Waals surface area contributed by atoms with Gasteiger partial charge in [0.2, 0.25) is 0 Å². The number of nitrogens with zero attached hydrogens (tertiary/aromatic N) is 2. The first-order valence-electron chi connectivity index (χ1n) is 6.33. The molecule has 0 saturated heterocycles. The third-order valence-electron chi connectivity index (χ3n) is 3.27. The van der Waals surface area contributed by atoms with Crippen molar-refractivity contribution in [3.05, 3.63) is 17.5 Å². The van der Waals surface area contributed by atoms with Crippen LogP contribution in [0.15, 0.2) is 6.07 Å². The van der Waals surface area contributed by atoms with Crippen molar-refractivity contribution in [1.82, 2.24) is 15.1 Å². The van der Waals surface area contributed by atoms with E-state index in [4.69, 9.17) is 0 Å². The summed E-state index contributed by atoms with van der Waals surface area (Å²) in [7, 11) is 2.04. The molecule has 0 saturated carbocycles. The van der Waals surface area contributed by atoms with Gasteiger partial charge in [0.1, 0.15) is 0 Å². The molecule has 0 aromatic carbocycles. The molecule has 1 aromatic heterocycles. The summed E-state index contributed by atoms with van der Waals surface area (Å²) in [5, 5.41) is 7.92. The topological polar surface area (TPSA) is 29.9 Å². The minimum Gasteiger partial charge on any atom is -0.312 e. The standard InChI is InChI=1S/C13H25N3/c1-6-10(3)8-12(14-5)13-9-11(4)15-16(13)7-2/h9-10,12,14H,6-8H2,1-5H3. The van der Waals surface area contributed by atoms with Gasteiger partial charge in [0.15, 0.2) is 0 Å². The monoisotopic (exact) mass is 223 g/mol. The largest absolute Gasteiger partial charge is 0.312 e. The summed E-state index contributed by atoms with van der Waals surface area (Å²) in [5.74, 6) is 0.748. The number of nitrogens with one attached hydrogen (secondary N) is 1. The molecule has 3 heteroatoms. The Morgan fingerprint density at radius 2 is 2.12 bits per heavy atom. The van der Waals surface area contributed by atoms with Crippen LogP contribution in [0, 0.1) is 12.8 Å². The SMILES string of the molecule is CCC(C)CC(NC)c1cc(C)nn1CC. The van der Waals surface area contributed by atoms with E-state index >= 15 is 0 Å². The summed E-state index contributed by atoms with van der Waals surface area (Å²) < 4.78 is 2.11.